The Morgan fingerprint density at radius 3 is 3.18 bits per heavy atom. The molecule has 5 nitrogen and oxygen atoms in total. The maximum absolute atomic E-state index is 12.2. The van der Waals surface area contributed by atoms with E-state index in [4.69, 9.17) is 9.15 Å². The Morgan fingerprint density at radius 1 is 1.71 bits per heavy atom. The molecule has 0 saturated carbocycles. The molecular weight excluding hydrogens is 220 g/mol. The van der Waals surface area contributed by atoms with E-state index in [1.54, 1.807) is 11.8 Å². The summed E-state index contributed by atoms with van der Waals surface area (Å²) in [7, 11) is 0. The van der Waals surface area contributed by atoms with Gasteiger partial charge >= 0.3 is 0 Å². The standard InChI is InChI=1S/C12H18N2O3/c1-3-16-10-5-4-6-14(7-10)12(15)11-9(2)17-8-13-11/h8,10H,3-7H2,1-2H3. The summed E-state index contributed by atoms with van der Waals surface area (Å²) in [6.45, 7) is 5.84. The highest BCUT2D eigenvalue weighted by Gasteiger charge is 2.27. The third-order valence-electron chi connectivity index (χ3n) is 3.02. The molecule has 0 bridgehead atoms. The fourth-order valence-electron chi connectivity index (χ4n) is 2.15. The van der Waals surface area contributed by atoms with E-state index in [1.807, 2.05) is 6.92 Å². The lowest BCUT2D eigenvalue weighted by molar-refractivity contribution is 0.00699. The molecular formula is C12H18N2O3. The number of rotatable bonds is 3. The molecule has 0 aliphatic carbocycles. The summed E-state index contributed by atoms with van der Waals surface area (Å²) >= 11 is 0. The van der Waals surface area contributed by atoms with Crippen molar-refractivity contribution < 1.29 is 13.9 Å². The van der Waals surface area contributed by atoms with Gasteiger partial charge < -0.3 is 14.1 Å². The molecule has 0 spiro atoms. The van der Waals surface area contributed by atoms with Crippen LogP contribution >= 0.6 is 0 Å². The lowest BCUT2D eigenvalue weighted by Crippen LogP contribution is -2.43. The molecule has 1 aliphatic heterocycles. The van der Waals surface area contributed by atoms with E-state index in [0.717, 1.165) is 19.4 Å². The maximum Gasteiger partial charge on any atom is 0.276 e. The first-order chi connectivity index (χ1) is 8.22. The molecule has 1 fully saturated rings. The number of carbonyl (C=O) groups is 1. The van der Waals surface area contributed by atoms with Gasteiger partial charge in [-0.25, -0.2) is 4.98 Å². The third-order valence-corrected chi connectivity index (χ3v) is 3.02. The van der Waals surface area contributed by atoms with Crippen molar-refractivity contribution in [3.05, 3.63) is 17.8 Å². The van der Waals surface area contributed by atoms with Gasteiger partial charge in [0.1, 0.15) is 5.76 Å². The molecule has 1 aliphatic rings. The van der Waals surface area contributed by atoms with Crippen molar-refractivity contribution in [2.45, 2.75) is 32.8 Å². The number of aryl methyl sites for hydroxylation is 1. The Bertz CT molecular complexity index is 387. The van der Waals surface area contributed by atoms with Crippen LogP contribution in [0.2, 0.25) is 0 Å². The zero-order chi connectivity index (χ0) is 12.3. The molecule has 5 heteroatoms. The molecule has 2 rings (SSSR count). The van der Waals surface area contributed by atoms with Crippen molar-refractivity contribution in [3.63, 3.8) is 0 Å². The molecule has 1 amide bonds. The summed E-state index contributed by atoms with van der Waals surface area (Å²) in [5.74, 6) is 0.522. The predicted octanol–water partition coefficient (Wildman–Crippen LogP) is 1.62. The van der Waals surface area contributed by atoms with E-state index in [2.05, 4.69) is 4.98 Å². The number of amides is 1. The summed E-state index contributed by atoms with van der Waals surface area (Å²) in [6, 6.07) is 0. The van der Waals surface area contributed by atoms with E-state index in [9.17, 15) is 4.79 Å². The van der Waals surface area contributed by atoms with Crippen LogP contribution in [0.25, 0.3) is 0 Å². The first-order valence-electron chi connectivity index (χ1n) is 6.03. The second-order valence-corrected chi connectivity index (χ2v) is 4.23. The fourth-order valence-corrected chi connectivity index (χ4v) is 2.15. The minimum atomic E-state index is -0.0550. The highest BCUT2D eigenvalue weighted by atomic mass is 16.5. The van der Waals surface area contributed by atoms with Gasteiger partial charge in [0.15, 0.2) is 12.1 Å². The van der Waals surface area contributed by atoms with E-state index in [1.165, 1.54) is 6.39 Å². The first kappa shape index (κ1) is 12.1. The minimum Gasteiger partial charge on any atom is -0.448 e. The van der Waals surface area contributed by atoms with Gasteiger partial charge in [0.05, 0.1) is 6.10 Å². The van der Waals surface area contributed by atoms with Crippen molar-refractivity contribution in [3.8, 4) is 0 Å². The van der Waals surface area contributed by atoms with Crippen molar-refractivity contribution >= 4 is 5.91 Å². The van der Waals surface area contributed by atoms with Crippen molar-refractivity contribution in [1.82, 2.24) is 9.88 Å². The van der Waals surface area contributed by atoms with Crippen molar-refractivity contribution in [1.29, 1.82) is 0 Å². The predicted molar refractivity (Wildman–Crippen MR) is 61.8 cm³/mol. The molecule has 1 aromatic heterocycles. The van der Waals surface area contributed by atoms with Gasteiger partial charge in [-0.2, -0.15) is 0 Å². The minimum absolute atomic E-state index is 0.0550. The van der Waals surface area contributed by atoms with Crippen LogP contribution in [0.15, 0.2) is 10.8 Å². The zero-order valence-corrected chi connectivity index (χ0v) is 10.3. The monoisotopic (exact) mass is 238 g/mol. The van der Waals surface area contributed by atoms with Crippen LogP contribution in [0.4, 0.5) is 0 Å². The average molecular weight is 238 g/mol. The summed E-state index contributed by atoms with van der Waals surface area (Å²) in [6.07, 6.45) is 3.47. The number of nitrogens with zero attached hydrogens (tertiary/aromatic N) is 2. The summed E-state index contributed by atoms with van der Waals surface area (Å²) < 4.78 is 10.6. The number of hydrogen-bond acceptors (Lipinski definition) is 4. The number of oxazole rings is 1. The van der Waals surface area contributed by atoms with Gasteiger partial charge in [0, 0.05) is 19.7 Å². The molecule has 0 aromatic carbocycles. The van der Waals surface area contributed by atoms with Crippen LogP contribution in [0, 0.1) is 6.92 Å². The number of aromatic nitrogens is 1. The molecule has 17 heavy (non-hydrogen) atoms. The summed E-state index contributed by atoms with van der Waals surface area (Å²) in [5, 5.41) is 0. The quantitative estimate of drug-likeness (QED) is 0.803. The molecule has 94 valence electrons. The third kappa shape index (κ3) is 2.66. The molecule has 1 atom stereocenters. The molecule has 0 N–H and O–H groups in total. The van der Waals surface area contributed by atoms with Crippen LogP contribution in [0.3, 0.4) is 0 Å². The first-order valence-corrected chi connectivity index (χ1v) is 6.03. The number of ether oxygens (including phenoxy) is 1. The molecule has 1 unspecified atom stereocenters. The number of piperidine rings is 1. The van der Waals surface area contributed by atoms with E-state index in [-0.39, 0.29) is 12.0 Å². The van der Waals surface area contributed by atoms with Crippen LogP contribution in [-0.4, -0.2) is 41.6 Å². The molecule has 0 radical (unpaired) electrons. The fraction of sp³-hybridized carbons (Fsp3) is 0.667. The number of hydrogen-bond donors (Lipinski definition) is 0. The van der Waals surface area contributed by atoms with Gasteiger partial charge in [-0.1, -0.05) is 0 Å². The molecule has 2 heterocycles. The van der Waals surface area contributed by atoms with Crippen molar-refractivity contribution in [2.24, 2.45) is 0 Å². The van der Waals surface area contributed by atoms with E-state index < -0.39 is 0 Å². The largest absolute Gasteiger partial charge is 0.448 e. The zero-order valence-electron chi connectivity index (χ0n) is 10.3. The highest BCUT2D eigenvalue weighted by Crippen LogP contribution is 2.16. The van der Waals surface area contributed by atoms with Crippen LogP contribution < -0.4 is 0 Å². The maximum atomic E-state index is 12.2. The Kier molecular flexibility index (Phi) is 3.78. The Labute approximate surface area is 101 Å². The van der Waals surface area contributed by atoms with Crippen LogP contribution in [-0.2, 0) is 4.74 Å². The lowest BCUT2D eigenvalue weighted by Gasteiger charge is -2.32. The second-order valence-electron chi connectivity index (χ2n) is 4.23. The second kappa shape index (κ2) is 5.31. The van der Waals surface area contributed by atoms with Gasteiger partial charge in [0.2, 0.25) is 0 Å². The lowest BCUT2D eigenvalue weighted by atomic mass is 10.1. The Hall–Kier alpha value is -1.36. The summed E-state index contributed by atoms with van der Waals surface area (Å²) in [5.41, 5.74) is 0.419. The van der Waals surface area contributed by atoms with E-state index in [0.29, 0.717) is 24.6 Å². The number of likely N-dealkylation sites (tertiary alicyclic amines) is 1. The number of carbonyl (C=O) groups excluding carboxylic acids is 1. The molecule has 1 saturated heterocycles. The normalized spacial score (nSPS) is 20.6. The van der Waals surface area contributed by atoms with E-state index >= 15 is 0 Å². The smallest absolute Gasteiger partial charge is 0.276 e. The Balaban J connectivity index is 2.02. The van der Waals surface area contributed by atoms with Crippen molar-refractivity contribution in [2.75, 3.05) is 19.7 Å². The summed E-state index contributed by atoms with van der Waals surface area (Å²) in [4.78, 5) is 17.9. The van der Waals surface area contributed by atoms with Crippen LogP contribution in [0.5, 0.6) is 0 Å². The SMILES string of the molecule is CCOC1CCCN(C(=O)c2ncoc2C)C1. The highest BCUT2D eigenvalue weighted by molar-refractivity contribution is 5.93. The van der Waals surface area contributed by atoms with Gasteiger partial charge in [-0.05, 0) is 26.7 Å². The topological polar surface area (TPSA) is 55.6 Å². The molecule has 1 aromatic rings. The van der Waals surface area contributed by atoms with Gasteiger partial charge in [0.25, 0.3) is 5.91 Å². The average Bonchev–Trinajstić information content (AvgIpc) is 2.75. The van der Waals surface area contributed by atoms with Crippen LogP contribution in [0.1, 0.15) is 36.0 Å². The van der Waals surface area contributed by atoms with Gasteiger partial charge in [-0.15, -0.1) is 0 Å². The Morgan fingerprint density at radius 2 is 2.53 bits per heavy atom. The van der Waals surface area contributed by atoms with Gasteiger partial charge in [-0.3, -0.25) is 4.79 Å².